The van der Waals surface area contributed by atoms with Crippen LogP contribution in [0.1, 0.15) is 73.6 Å². The number of hydrogen-bond donors (Lipinski definition) is 0. The molecule has 0 aromatic carbocycles. The molecule has 2 atom stereocenters. The van der Waals surface area contributed by atoms with E-state index in [-0.39, 0.29) is 12.0 Å². The predicted octanol–water partition coefficient (Wildman–Crippen LogP) is 8.12. The first-order valence-electron chi connectivity index (χ1n) is 11.3. The Morgan fingerprint density at radius 2 is 1.68 bits per heavy atom. The molecule has 5 heteroatoms. The van der Waals surface area contributed by atoms with Gasteiger partial charge in [0, 0.05) is 5.92 Å². The predicted molar refractivity (Wildman–Crippen MR) is 126 cm³/mol. The van der Waals surface area contributed by atoms with Gasteiger partial charge >= 0.3 is 0 Å². The molecule has 0 aromatic rings. The van der Waals surface area contributed by atoms with Crippen LogP contribution >= 0.6 is 0 Å². The fourth-order valence-corrected chi connectivity index (χ4v) is 2.86. The van der Waals surface area contributed by atoms with Gasteiger partial charge in [-0.05, 0) is 56.3 Å². The summed E-state index contributed by atoms with van der Waals surface area (Å²) >= 11 is 0. The van der Waals surface area contributed by atoms with Crippen LogP contribution < -0.4 is 0 Å². The van der Waals surface area contributed by atoms with Crippen LogP contribution in [0.3, 0.4) is 0 Å². The first-order valence-corrected chi connectivity index (χ1v) is 11.3. The van der Waals surface area contributed by atoms with Gasteiger partial charge in [-0.15, -0.1) is 6.58 Å². The highest BCUT2D eigenvalue weighted by molar-refractivity contribution is 5.40. The molecule has 1 fully saturated rings. The van der Waals surface area contributed by atoms with E-state index in [0.29, 0.717) is 36.7 Å². The molecule has 2 unspecified atom stereocenters. The molecule has 3 nitrogen and oxygen atoms in total. The minimum absolute atomic E-state index is 0.0689. The van der Waals surface area contributed by atoms with Crippen LogP contribution in [-0.4, -0.2) is 26.6 Å². The second kappa shape index (κ2) is 16.9. The molecule has 1 aliphatic heterocycles. The Morgan fingerprint density at radius 1 is 1.03 bits per heavy atom. The first kappa shape index (κ1) is 29.3. The Morgan fingerprint density at radius 3 is 2.13 bits per heavy atom. The summed E-state index contributed by atoms with van der Waals surface area (Å²) in [6.07, 6.45) is 9.75. The van der Waals surface area contributed by atoms with Crippen LogP contribution in [0.5, 0.6) is 0 Å². The minimum Gasteiger partial charge on any atom is -0.498 e. The molecule has 0 aromatic heterocycles. The highest BCUT2D eigenvalue weighted by Crippen LogP contribution is 2.28. The van der Waals surface area contributed by atoms with E-state index in [9.17, 15) is 8.78 Å². The summed E-state index contributed by atoms with van der Waals surface area (Å²) in [5, 5.41) is 0. The standard InChI is InChI=1S/C23H34F2O3.C3H8/c1-7-18(14-27-21-13-12-19(8-2)15-28-21)11-10-16(4)20(9-3)23(25)22(24)17(5)26-6;1-3-2/h8,10-11,19,21H,2,7,9,12-15H2,1,3-6H3;3H2,1-2H3/b16-10+,18-11+,22-17-,23-20-;. The maximum Gasteiger partial charge on any atom is 0.196 e. The van der Waals surface area contributed by atoms with Gasteiger partial charge in [-0.2, -0.15) is 0 Å². The lowest BCUT2D eigenvalue weighted by molar-refractivity contribution is -0.165. The molecule has 0 bridgehead atoms. The number of rotatable bonds is 10. The Balaban J connectivity index is 0.00000282. The molecule has 0 radical (unpaired) electrons. The SMILES string of the molecule is C=CC1CCC(OC/C(=C/C=C(C)/C(CC)=C(F)/C(F)=C(\C)OC)CC)OC1.CCC. The van der Waals surface area contributed by atoms with Gasteiger partial charge in [0.05, 0.1) is 20.3 Å². The number of ether oxygens (including phenoxy) is 3. The molecular weight excluding hydrogens is 398 g/mol. The zero-order chi connectivity index (χ0) is 23.8. The molecule has 0 aliphatic carbocycles. The lowest BCUT2D eigenvalue weighted by atomic mass is 10.0. The monoisotopic (exact) mass is 440 g/mol. The van der Waals surface area contributed by atoms with Crippen LogP contribution in [0.2, 0.25) is 0 Å². The highest BCUT2D eigenvalue weighted by atomic mass is 19.2. The largest absolute Gasteiger partial charge is 0.498 e. The molecule has 31 heavy (non-hydrogen) atoms. The lowest BCUT2D eigenvalue weighted by Gasteiger charge is -2.27. The van der Waals surface area contributed by atoms with Crippen molar-refractivity contribution in [2.24, 2.45) is 5.92 Å². The van der Waals surface area contributed by atoms with Crippen molar-refractivity contribution in [3.05, 3.63) is 58.9 Å². The van der Waals surface area contributed by atoms with Crippen LogP contribution in [-0.2, 0) is 14.2 Å². The van der Waals surface area contributed by atoms with Crippen molar-refractivity contribution in [2.45, 2.75) is 79.9 Å². The fourth-order valence-electron chi connectivity index (χ4n) is 2.86. The van der Waals surface area contributed by atoms with Crippen molar-refractivity contribution in [3.8, 4) is 0 Å². The smallest absolute Gasteiger partial charge is 0.196 e. The Bertz CT molecular complexity index is 652. The van der Waals surface area contributed by atoms with Gasteiger partial charge in [-0.25, -0.2) is 8.78 Å². The van der Waals surface area contributed by atoms with Crippen LogP contribution in [0.4, 0.5) is 8.78 Å². The topological polar surface area (TPSA) is 27.7 Å². The van der Waals surface area contributed by atoms with Gasteiger partial charge in [-0.1, -0.05) is 52.3 Å². The molecule has 0 saturated carbocycles. The fraction of sp³-hybridized carbons (Fsp3) is 0.615. The normalized spacial score (nSPS) is 21.5. The third-order valence-corrected chi connectivity index (χ3v) is 4.98. The van der Waals surface area contributed by atoms with Crippen molar-refractivity contribution in [2.75, 3.05) is 20.3 Å². The average Bonchev–Trinajstić information content (AvgIpc) is 2.79. The van der Waals surface area contributed by atoms with Crippen molar-refractivity contribution < 1.29 is 23.0 Å². The van der Waals surface area contributed by atoms with E-state index in [4.69, 9.17) is 14.2 Å². The number of halogens is 2. The molecule has 1 aliphatic rings. The Labute approximate surface area is 188 Å². The van der Waals surface area contributed by atoms with Crippen LogP contribution in [0.25, 0.3) is 0 Å². The summed E-state index contributed by atoms with van der Waals surface area (Å²) in [6, 6.07) is 0. The summed E-state index contributed by atoms with van der Waals surface area (Å²) in [6.45, 7) is 16.2. The van der Waals surface area contributed by atoms with E-state index in [1.54, 1.807) is 13.8 Å². The lowest BCUT2D eigenvalue weighted by Crippen LogP contribution is -2.27. The molecule has 0 N–H and O–H groups in total. The average molecular weight is 441 g/mol. The number of hydrogen-bond acceptors (Lipinski definition) is 3. The summed E-state index contributed by atoms with van der Waals surface area (Å²) in [7, 11) is 1.32. The van der Waals surface area contributed by atoms with E-state index in [0.717, 1.165) is 24.8 Å². The van der Waals surface area contributed by atoms with E-state index >= 15 is 0 Å². The van der Waals surface area contributed by atoms with Gasteiger partial charge in [0.15, 0.2) is 17.9 Å². The maximum atomic E-state index is 14.5. The molecule has 1 heterocycles. The van der Waals surface area contributed by atoms with Gasteiger partial charge in [-0.3, -0.25) is 0 Å². The van der Waals surface area contributed by atoms with Gasteiger partial charge in [0.25, 0.3) is 0 Å². The highest BCUT2D eigenvalue weighted by Gasteiger charge is 2.20. The summed E-state index contributed by atoms with van der Waals surface area (Å²) in [4.78, 5) is 0. The summed E-state index contributed by atoms with van der Waals surface area (Å²) in [5.74, 6) is -1.49. The molecule has 0 amide bonds. The second-order valence-corrected chi connectivity index (χ2v) is 7.60. The first-order chi connectivity index (χ1) is 14.8. The van der Waals surface area contributed by atoms with Crippen molar-refractivity contribution in [1.29, 1.82) is 0 Å². The van der Waals surface area contributed by atoms with Crippen LogP contribution in [0, 0.1) is 5.92 Å². The molecular formula is C26H42F2O3. The third kappa shape index (κ3) is 10.9. The third-order valence-electron chi connectivity index (χ3n) is 4.98. The molecule has 178 valence electrons. The summed E-state index contributed by atoms with van der Waals surface area (Å²) < 4.78 is 44.9. The molecule has 1 rings (SSSR count). The van der Waals surface area contributed by atoms with E-state index in [1.165, 1.54) is 20.5 Å². The Kier molecular flexibility index (Phi) is 16.0. The zero-order valence-corrected chi connectivity index (χ0v) is 20.5. The minimum atomic E-state index is -0.956. The molecule has 1 saturated heterocycles. The van der Waals surface area contributed by atoms with Crippen LogP contribution in [0.15, 0.2) is 58.9 Å². The van der Waals surface area contributed by atoms with Crippen molar-refractivity contribution >= 4 is 0 Å². The van der Waals surface area contributed by atoms with E-state index < -0.39 is 11.7 Å². The zero-order valence-electron chi connectivity index (χ0n) is 20.5. The maximum absolute atomic E-state index is 14.5. The Hall–Kier alpha value is -1.72. The van der Waals surface area contributed by atoms with E-state index in [1.807, 2.05) is 25.2 Å². The summed E-state index contributed by atoms with van der Waals surface area (Å²) in [5.41, 5.74) is 2.06. The quantitative estimate of drug-likeness (QED) is 0.195. The van der Waals surface area contributed by atoms with Gasteiger partial charge in [0.1, 0.15) is 5.76 Å². The van der Waals surface area contributed by atoms with Crippen molar-refractivity contribution in [3.63, 3.8) is 0 Å². The van der Waals surface area contributed by atoms with Crippen molar-refractivity contribution in [1.82, 2.24) is 0 Å². The van der Waals surface area contributed by atoms with Gasteiger partial charge in [0.2, 0.25) is 0 Å². The van der Waals surface area contributed by atoms with E-state index in [2.05, 4.69) is 20.4 Å². The van der Waals surface area contributed by atoms with Gasteiger partial charge < -0.3 is 14.2 Å². The second-order valence-electron chi connectivity index (χ2n) is 7.60. The number of allylic oxidation sites excluding steroid dienone is 7. The number of methoxy groups -OCH3 is 1. The molecule has 0 spiro atoms.